The van der Waals surface area contributed by atoms with Crippen molar-refractivity contribution in [3.8, 4) is 0 Å². The van der Waals surface area contributed by atoms with Crippen molar-refractivity contribution < 1.29 is 14.7 Å². The highest BCUT2D eigenvalue weighted by Crippen LogP contribution is 2.27. The summed E-state index contributed by atoms with van der Waals surface area (Å²) >= 11 is 3.10. The summed E-state index contributed by atoms with van der Waals surface area (Å²) in [6.45, 7) is 0.894. The van der Waals surface area contributed by atoms with E-state index in [9.17, 15) is 14.7 Å². The highest BCUT2D eigenvalue weighted by molar-refractivity contribution is 7.99. The Balaban J connectivity index is 1.60. The second kappa shape index (κ2) is 6.60. The van der Waals surface area contributed by atoms with Gasteiger partial charge in [-0.05, 0) is 36.5 Å². The van der Waals surface area contributed by atoms with E-state index in [0.717, 1.165) is 12.2 Å². The summed E-state index contributed by atoms with van der Waals surface area (Å²) in [6.07, 6.45) is 2.24. The summed E-state index contributed by atoms with van der Waals surface area (Å²) < 4.78 is 0. The summed E-state index contributed by atoms with van der Waals surface area (Å²) in [7, 11) is 0. The van der Waals surface area contributed by atoms with E-state index >= 15 is 0 Å². The molecule has 5 nitrogen and oxygen atoms in total. The van der Waals surface area contributed by atoms with Crippen LogP contribution in [-0.2, 0) is 4.79 Å². The van der Waals surface area contributed by atoms with Crippen LogP contribution in [0.4, 0.5) is 0 Å². The van der Waals surface area contributed by atoms with E-state index in [0.29, 0.717) is 30.0 Å². The second-order valence-corrected chi connectivity index (χ2v) is 7.93. The van der Waals surface area contributed by atoms with Gasteiger partial charge in [0, 0.05) is 18.8 Å². The van der Waals surface area contributed by atoms with Crippen LogP contribution in [0.15, 0.2) is 17.5 Å². The molecule has 0 spiro atoms. The lowest BCUT2D eigenvalue weighted by atomic mass is 10.0. The molecule has 0 aliphatic carbocycles. The number of nitrogens with zero attached hydrogens (tertiary/aromatic N) is 1. The predicted molar refractivity (Wildman–Crippen MR) is 88.3 cm³/mol. The zero-order chi connectivity index (χ0) is 15.6. The van der Waals surface area contributed by atoms with Gasteiger partial charge in [0.2, 0.25) is 5.91 Å². The molecule has 120 valence electrons. The van der Waals surface area contributed by atoms with E-state index in [2.05, 4.69) is 5.32 Å². The van der Waals surface area contributed by atoms with Crippen LogP contribution < -0.4 is 5.32 Å². The first-order valence-electron chi connectivity index (χ1n) is 7.51. The quantitative estimate of drug-likeness (QED) is 0.868. The molecule has 22 heavy (non-hydrogen) atoms. The molecular weight excluding hydrogens is 320 g/mol. The Labute approximate surface area is 138 Å². The molecule has 0 radical (unpaired) electrons. The number of hydrogen-bond acceptors (Lipinski definition) is 5. The van der Waals surface area contributed by atoms with E-state index in [-0.39, 0.29) is 18.4 Å². The van der Waals surface area contributed by atoms with Crippen molar-refractivity contribution in [2.24, 2.45) is 0 Å². The van der Waals surface area contributed by atoms with Crippen molar-refractivity contribution in [1.29, 1.82) is 0 Å². The van der Waals surface area contributed by atoms with E-state index < -0.39 is 11.6 Å². The third-order valence-corrected chi connectivity index (χ3v) is 6.31. The Morgan fingerprint density at radius 1 is 1.50 bits per heavy atom. The minimum absolute atomic E-state index is 0.0669. The average molecular weight is 340 g/mol. The summed E-state index contributed by atoms with van der Waals surface area (Å²) in [6, 6.07) is 3.22. The van der Waals surface area contributed by atoms with Crippen LogP contribution in [-0.4, -0.2) is 58.1 Å². The Hall–Kier alpha value is -1.05. The Morgan fingerprint density at radius 2 is 2.36 bits per heavy atom. The Morgan fingerprint density at radius 3 is 3.05 bits per heavy atom. The molecule has 1 aromatic rings. The molecule has 2 saturated heterocycles. The Bertz CT molecular complexity index is 541. The minimum atomic E-state index is -0.790. The standard InChI is InChI=1S/C15H20N2O3S2/c18-13(16-9-15(20)5-8-21-10-15)11-3-1-6-17(11)14(19)12-4-2-7-22-12/h2,4,7,11,20H,1,3,5-6,8-10H2,(H,16,18)/t11-,15+/m0/s1. The normalized spacial score (nSPS) is 28.0. The summed E-state index contributed by atoms with van der Waals surface area (Å²) in [5.74, 6) is 1.38. The molecule has 2 N–H and O–H groups in total. The Kier molecular flexibility index (Phi) is 4.75. The van der Waals surface area contributed by atoms with Crippen molar-refractivity contribution in [1.82, 2.24) is 10.2 Å². The van der Waals surface area contributed by atoms with Crippen molar-refractivity contribution >= 4 is 34.9 Å². The van der Waals surface area contributed by atoms with E-state index in [1.807, 2.05) is 11.4 Å². The van der Waals surface area contributed by atoms with E-state index in [4.69, 9.17) is 0 Å². The summed E-state index contributed by atoms with van der Waals surface area (Å²) in [5, 5.41) is 15.0. The molecule has 7 heteroatoms. The van der Waals surface area contributed by atoms with E-state index in [1.165, 1.54) is 11.3 Å². The number of thiophene rings is 1. The molecule has 3 rings (SSSR count). The molecule has 0 saturated carbocycles. The van der Waals surface area contributed by atoms with Crippen LogP contribution in [0.1, 0.15) is 28.9 Å². The molecule has 2 fully saturated rings. The SMILES string of the molecule is O=C(NC[C@]1(O)CCSC1)[C@@H]1CCCN1C(=O)c1cccs1. The number of likely N-dealkylation sites (tertiary alicyclic amines) is 1. The van der Waals surface area contributed by atoms with Gasteiger partial charge in [0.1, 0.15) is 6.04 Å². The second-order valence-electron chi connectivity index (χ2n) is 5.88. The monoisotopic (exact) mass is 340 g/mol. The summed E-state index contributed by atoms with van der Waals surface area (Å²) in [5.41, 5.74) is -0.790. The number of aliphatic hydroxyl groups is 1. The largest absolute Gasteiger partial charge is 0.387 e. The van der Waals surface area contributed by atoms with Crippen LogP contribution in [0.3, 0.4) is 0 Å². The van der Waals surface area contributed by atoms with Gasteiger partial charge < -0.3 is 15.3 Å². The van der Waals surface area contributed by atoms with Gasteiger partial charge in [-0.15, -0.1) is 11.3 Å². The average Bonchev–Trinajstić information content (AvgIpc) is 3.25. The number of amides is 2. The van der Waals surface area contributed by atoms with Gasteiger partial charge in [0.15, 0.2) is 0 Å². The lowest BCUT2D eigenvalue weighted by Gasteiger charge is -2.26. The van der Waals surface area contributed by atoms with Crippen LogP contribution >= 0.6 is 23.1 Å². The molecule has 2 amide bonds. The maximum Gasteiger partial charge on any atom is 0.264 e. The third kappa shape index (κ3) is 3.31. The van der Waals surface area contributed by atoms with Crippen molar-refractivity contribution in [2.75, 3.05) is 24.6 Å². The van der Waals surface area contributed by atoms with Gasteiger partial charge in [-0.1, -0.05) is 6.07 Å². The predicted octanol–water partition coefficient (Wildman–Crippen LogP) is 1.34. The maximum absolute atomic E-state index is 12.5. The van der Waals surface area contributed by atoms with Gasteiger partial charge in [-0.2, -0.15) is 11.8 Å². The number of rotatable bonds is 4. The minimum Gasteiger partial charge on any atom is -0.387 e. The number of thioether (sulfide) groups is 1. The number of carbonyl (C=O) groups is 2. The van der Waals surface area contributed by atoms with Crippen molar-refractivity contribution in [3.05, 3.63) is 22.4 Å². The first kappa shape index (κ1) is 15.8. The van der Waals surface area contributed by atoms with Crippen LogP contribution in [0.2, 0.25) is 0 Å². The third-order valence-electron chi connectivity index (χ3n) is 4.22. The number of carbonyl (C=O) groups excluding carboxylic acids is 2. The highest BCUT2D eigenvalue weighted by atomic mass is 32.2. The lowest BCUT2D eigenvalue weighted by Crippen LogP contribution is -2.50. The first-order chi connectivity index (χ1) is 10.6. The molecule has 2 atom stereocenters. The highest BCUT2D eigenvalue weighted by Gasteiger charge is 2.37. The fraction of sp³-hybridized carbons (Fsp3) is 0.600. The van der Waals surface area contributed by atoms with E-state index in [1.54, 1.807) is 22.7 Å². The molecule has 0 aromatic carbocycles. The fourth-order valence-electron chi connectivity index (χ4n) is 2.93. The molecule has 2 aliphatic heterocycles. The van der Waals surface area contributed by atoms with Crippen molar-refractivity contribution in [2.45, 2.75) is 30.9 Å². The molecule has 1 aromatic heterocycles. The van der Waals surface area contributed by atoms with Gasteiger partial charge in [-0.25, -0.2) is 0 Å². The van der Waals surface area contributed by atoms with Crippen LogP contribution in [0.25, 0.3) is 0 Å². The van der Waals surface area contributed by atoms with Crippen LogP contribution in [0.5, 0.6) is 0 Å². The topological polar surface area (TPSA) is 69.6 Å². The zero-order valence-electron chi connectivity index (χ0n) is 12.3. The van der Waals surface area contributed by atoms with Crippen LogP contribution in [0, 0.1) is 0 Å². The smallest absolute Gasteiger partial charge is 0.264 e. The number of hydrogen-bond donors (Lipinski definition) is 2. The van der Waals surface area contributed by atoms with Gasteiger partial charge in [0.25, 0.3) is 5.91 Å². The molecular formula is C15H20N2O3S2. The molecule has 2 aliphatic rings. The zero-order valence-corrected chi connectivity index (χ0v) is 13.9. The lowest BCUT2D eigenvalue weighted by molar-refractivity contribution is -0.125. The maximum atomic E-state index is 12.5. The first-order valence-corrected chi connectivity index (χ1v) is 9.55. The van der Waals surface area contributed by atoms with Crippen molar-refractivity contribution in [3.63, 3.8) is 0 Å². The molecule has 0 bridgehead atoms. The van der Waals surface area contributed by atoms with Gasteiger partial charge >= 0.3 is 0 Å². The number of nitrogens with one attached hydrogen (secondary N) is 1. The fourth-order valence-corrected chi connectivity index (χ4v) is 4.90. The van der Waals surface area contributed by atoms with Gasteiger partial charge in [-0.3, -0.25) is 9.59 Å². The molecule has 3 heterocycles. The molecule has 0 unspecified atom stereocenters. The van der Waals surface area contributed by atoms with Gasteiger partial charge in [0.05, 0.1) is 10.5 Å². The summed E-state index contributed by atoms with van der Waals surface area (Å²) in [4.78, 5) is 27.2.